The summed E-state index contributed by atoms with van der Waals surface area (Å²) < 4.78 is 3.87. The van der Waals surface area contributed by atoms with E-state index in [4.69, 9.17) is 0 Å². The second-order valence-corrected chi connectivity index (χ2v) is 8.59. The average molecular weight is 479 g/mol. The van der Waals surface area contributed by atoms with E-state index in [1.165, 1.54) is 11.3 Å². The van der Waals surface area contributed by atoms with Crippen LogP contribution in [0, 0.1) is 0 Å². The second kappa shape index (κ2) is 7.85. The molecule has 0 atom stereocenters. The van der Waals surface area contributed by atoms with E-state index in [1.54, 1.807) is 12.1 Å². The lowest BCUT2D eigenvalue weighted by Gasteiger charge is -2.07. The van der Waals surface area contributed by atoms with Gasteiger partial charge in [0.15, 0.2) is 0 Å². The Hall–Kier alpha value is -3.30. The van der Waals surface area contributed by atoms with Crippen LogP contribution in [0.25, 0.3) is 21.3 Å². The third-order valence-electron chi connectivity index (χ3n) is 4.60. The Morgan fingerprint density at radius 1 is 1.03 bits per heavy atom. The molecule has 0 unspecified atom stereocenters. The van der Waals surface area contributed by atoms with E-state index < -0.39 is 0 Å². The van der Waals surface area contributed by atoms with Crippen LogP contribution in [-0.2, 0) is 6.54 Å². The van der Waals surface area contributed by atoms with Crippen LogP contribution in [0.4, 0.5) is 5.13 Å². The standard InChI is InChI=1S/C21H15BrN6OS/c22-15-9-10-17-19(11-15)30-21(23-17)26-25-20(29)14-7-5-13(6-8-14)12-28-18-4-2-1-3-16(18)24-27-28/h1-11H,12H2,(H,23,26)(H,25,29). The Kier molecular flexibility index (Phi) is 4.89. The van der Waals surface area contributed by atoms with Crippen LogP contribution in [0.3, 0.4) is 0 Å². The highest BCUT2D eigenvalue weighted by atomic mass is 79.9. The number of halogens is 1. The monoisotopic (exact) mass is 478 g/mol. The normalized spacial score (nSPS) is 11.1. The smallest absolute Gasteiger partial charge is 0.269 e. The first kappa shape index (κ1) is 18.7. The Bertz CT molecular complexity index is 1360. The van der Waals surface area contributed by atoms with Gasteiger partial charge in [0.25, 0.3) is 5.91 Å². The van der Waals surface area contributed by atoms with Gasteiger partial charge in [0.05, 0.1) is 22.3 Å². The van der Waals surface area contributed by atoms with E-state index in [2.05, 4.69) is 42.1 Å². The minimum absolute atomic E-state index is 0.229. The lowest BCUT2D eigenvalue weighted by atomic mass is 10.1. The summed E-state index contributed by atoms with van der Waals surface area (Å²) >= 11 is 4.92. The fraction of sp³-hybridized carbons (Fsp3) is 0.0476. The molecular weight excluding hydrogens is 464 g/mol. The third-order valence-corrected chi connectivity index (χ3v) is 6.03. The number of amides is 1. The molecule has 0 fully saturated rings. The van der Waals surface area contributed by atoms with Gasteiger partial charge in [-0.25, -0.2) is 9.67 Å². The van der Waals surface area contributed by atoms with Gasteiger partial charge in [0.2, 0.25) is 5.13 Å². The number of benzene rings is 3. The van der Waals surface area contributed by atoms with E-state index in [0.29, 0.717) is 17.2 Å². The van der Waals surface area contributed by atoms with Crippen molar-refractivity contribution in [3.63, 3.8) is 0 Å². The summed E-state index contributed by atoms with van der Waals surface area (Å²) in [7, 11) is 0. The zero-order chi connectivity index (χ0) is 20.5. The summed E-state index contributed by atoms with van der Waals surface area (Å²) in [5, 5.41) is 9.00. The summed E-state index contributed by atoms with van der Waals surface area (Å²) in [5.41, 5.74) is 9.90. The first-order valence-electron chi connectivity index (χ1n) is 9.15. The molecule has 9 heteroatoms. The van der Waals surface area contributed by atoms with Gasteiger partial charge in [-0.2, -0.15) is 0 Å². The van der Waals surface area contributed by atoms with Crippen molar-refractivity contribution in [2.24, 2.45) is 0 Å². The number of thiazole rings is 1. The van der Waals surface area contributed by atoms with Crippen molar-refractivity contribution in [1.82, 2.24) is 25.4 Å². The quantitative estimate of drug-likeness (QED) is 0.360. The van der Waals surface area contributed by atoms with Crippen LogP contribution in [0.1, 0.15) is 15.9 Å². The van der Waals surface area contributed by atoms with Crippen LogP contribution in [0.5, 0.6) is 0 Å². The number of carbonyl (C=O) groups excluding carboxylic acids is 1. The number of hydrogen-bond acceptors (Lipinski definition) is 6. The van der Waals surface area contributed by atoms with Gasteiger partial charge in [-0.3, -0.25) is 15.6 Å². The summed E-state index contributed by atoms with van der Waals surface area (Å²) in [6.07, 6.45) is 0. The number of hydrogen-bond donors (Lipinski definition) is 2. The van der Waals surface area contributed by atoms with Gasteiger partial charge in [0, 0.05) is 10.0 Å². The molecule has 3 aromatic carbocycles. The maximum Gasteiger partial charge on any atom is 0.269 e. The molecule has 0 aliphatic heterocycles. The van der Waals surface area contributed by atoms with Crippen molar-refractivity contribution in [3.05, 3.63) is 82.3 Å². The van der Waals surface area contributed by atoms with Crippen LogP contribution >= 0.6 is 27.3 Å². The Balaban J connectivity index is 1.24. The SMILES string of the molecule is O=C(NNc1nc2ccc(Br)cc2s1)c1ccc(Cn2nnc3ccccc32)cc1. The van der Waals surface area contributed by atoms with Crippen molar-refractivity contribution in [2.75, 3.05) is 5.43 Å². The molecule has 0 aliphatic rings. The molecule has 0 saturated heterocycles. The maximum absolute atomic E-state index is 12.5. The minimum atomic E-state index is -0.229. The number of aromatic nitrogens is 4. The lowest BCUT2D eigenvalue weighted by Crippen LogP contribution is -2.29. The highest BCUT2D eigenvalue weighted by Crippen LogP contribution is 2.28. The first-order valence-corrected chi connectivity index (χ1v) is 10.8. The van der Waals surface area contributed by atoms with Crippen molar-refractivity contribution in [2.45, 2.75) is 6.54 Å². The Morgan fingerprint density at radius 2 is 1.87 bits per heavy atom. The topological polar surface area (TPSA) is 84.7 Å². The predicted octanol–water partition coefficient (Wildman–Crippen LogP) is 4.61. The molecule has 0 spiro atoms. The molecule has 1 amide bonds. The highest BCUT2D eigenvalue weighted by Gasteiger charge is 2.09. The molecule has 0 bridgehead atoms. The summed E-state index contributed by atoms with van der Waals surface area (Å²) in [6.45, 7) is 0.585. The molecule has 5 rings (SSSR count). The van der Waals surface area contributed by atoms with Crippen LogP contribution in [-0.4, -0.2) is 25.9 Å². The number of fused-ring (bicyclic) bond motifs is 2. The first-order chi connectivity index (χ1) is 14.7. The molecule has 148 valence electrons. The summed E-state index contributed by atoms with van der Waals surface area (Å²) in [4.78, 5) is 16.9. The largest absolute Gasteiger partial charge is 0.273 e. The second-order valence-electron chi connectivity index (χ2n) is 6.64. The van der Waals surface area contributed by atoms with Crippen molar-refractivity contribution in [3.8, 4) is 0 Å². The molecular formula is C21H15BrN6OS. The van der Waals surface area contributed by atoms with Crippen molar-refractivity contribution in [1.29, 1.82) is 0 Å². The maximum atomic E-state index is 12.5. The molecule has 5 aromatic rings. The van der Waals surface area contributed by atoms with Crippen LogP contribution < -0.4 is 10.9 Å². The lowest BCUT2D eigenvalue weighted by molar-refractivity contribution is 0.0962. The molecule has 2 aromatic heterocycles. The number of nitrogens with one attached hydrogen (secondary N) is 2. The van der Waals surface area contributed by atoms with Crippen molar-refractivity contribution >= 4 is 59.6 Å². The predicted molar refractivity (Wildman–Crippen MR) is 121 cm³/mol. The van der Waals surface area contributed by atoms with Gasteiger partial charge in [-0.15, -0.1) is 5.10 Å². The van der Waals surface area contributed by atoms with E-state index in [1.807, 2.05) is 59.3 Å². The Labute approximate surface area is 183 Å². The number of hydrazine groups is 1. The van der Waals surface area contributed by atoms with E-state index in [-0.39, 0.29) is 5.91 Å². The van der Waals surface area contributed by atoms with Crippen molar-refractivity contribution < 1.29 is 4.79 Å². The number of carbonyl (C=O) groups is 1. The third kappa shape index (κ3) is 3.77. The fourth-order valence-corrected chi connectivity index (χ4v) is 4.47. The molecule has 0 saturated carbocycles. The number of anilines is 1. The summed E-state index contributed by atoms with van der Waals surface area (Å²) in [5.74, 6) is -0.229. The van der Waals surface area contributed by atoms with Gasteiger partial charge >= 0.3 is 0 Å². The summed E-state index contributed by atoms with van der Waals surface area (Å²) in [6, 6.07) is 21.1. The minimum Gasteiger partial charge on any atom is -0.273 e. The van der Waals surface area contributed by atoms with E-state index in [0.717, 1.165) is 31.3 Å². The molecule has 2 heterocycles. The molecule has 0 radical (unpaired) electrons. The van der Waals surface area contributed by atoms with Gasteiger partial charge in [-0.05, 0) is 48.0 Å². The molecule has 30 heavy (non-hydrogen) atoms. The highest BCUT2D eigenvalue weighted by molar-refractivity contribution is 9.10. The number of nitrogens with zero attached hydrogens (tertiary/aromatic N) is 4. The Morgan fingerprint density at radius 3 is 2.73 bits per heavy atom. The molecule has 0 aliphatic carbocycles. The fourth-order valence-electron chi connectivity index (χ4n) is 3.10. The zero-order valence-electron chi connectivity index (χ0n) is 15.5. The average Bonchev–Trinajstić information content (AvgIpc) is 3.36. The molecule has 7 nitrogen and oxygen atoms in total. The van der Waals surface area contributed by atoms with Crippen LogP contribution in [0.2, 0.25) is 0 Å². The van der Waals surface area contributed by atoms with E-state index >= 15 is 0 Å². The number of rotatable bonds is 5. The van der Waals surface area contributed by atoms with Gasteiger partial charge in [-0.1, -0.05) is 56.7 Å². The van der Waals surface area contributed by atoms with Gasteiger partial charge in [0.1, 0.15) is 5.52 Å². The number of para-hydroxylation sites is 1. The van der Waals surface area contributed by atoms with Gasteiger partial charge < -0.3 is 0 Å². The zero-order valence-corrected chi connectivity index (χ0v) is 17.9. The van der Waals surface area contributed by atoms with E-state index in [9.17, 15) is 4.79 Å². The molecule has 2 N–H and O–H groups in total. The van der Waals surface area contributed by atoms with Crippen LogP contribution in [0.15, 0.2) is 71.2 Å².